The average Bonchev–Trinajstić information content (AvgIpc) is 3.27. The van der Waals surface area contributed by atoms with Gasteiger partial charge in [0.2, 0.25) is 0 Å². The molecule has 5 heteroatoms. The molecule has 0 saturated heterocycles. The topological polar surface area (TPSA) is 59.6 Å². The molecular weight excluding hydrogens is 484 g/mol. The molecule has 5 nitrogen and oxygen atoms in total. The smallest absolute Gasteiger partial charge is 0.340 e. The Kier molecular flexibility index (Phi) is 5.80. The van der Waals surface area contributed by atoms with Crippen LogP contribution in [0, 0.1) is 12.8 Å². The number of fused-ring (bicyclic) bond motifs is 6. The van der Waals surface area contributed by atoms with Gasteiger partial charge < -0.3 is 20.1 Å². The van der Waals surface area contributed by atoms with Gasteiger partial charge in [0.15, 0.2) is 5.60 Å². The van der Waals surface area contributed by atoms with Crippen LogP contribution in [0.1, 0.15) is 64.7 Å². The van der Waals surface area contributed by atoms with E-state index >= 15 is 0 Å². The van der Waals surface area contributed by atoms with Crippen LogP contribution in [0.3, 0.4) is 0 Å². The zero-order valence-corrected chi connectivity index (χ0v) is 22.1. The molecular formula is C34H32N2O3. The van der Waals surface area contributed by atoms with Crippen molar-refractivity contribution in [3.63, 3.8) is 0 Å². The van der Waals surface area contributed by atoms with Gasteiger partial charge >= 0.3 is 5.97 Å². The lowest BCUT2D eigenvalue weighted by Crippen LogP contribution is -2.33. The molecule has 1 fully saturated rings. The number of hydrogen-bond acceptors (Lipinski definition) is 5. The molecule has 2 heterocycles. The van der Waals surface area contributed by atoms with Crippen LogP contribution in [0.4, 0.5) is 17.1 Å². The van der Waals surface area contributed by atoms with E-state index in [1.165, 1.54) is 32.1 Å². The first-order valence-corrected chi connectivity index (χ1v) is 14.0. The highest BCUT2D eigenvalue weighted by atomic mass is 16.6. The predicted octanol–water partition coefficient (Wildman–Crippen LogP) is 8.30. The summed E-state index contributed by atoms with van der Waals surface area (Å²) in [5.41, 5.74) is 6.00. The van der Waals surface area contributed by atoms with Crippen LogP contribution in [0.15, 0.2) is 84.9 Å². The molecule has 196 valence electrons. The number of carbonyl (C=O) groups excluding carboxylic acids is 1. The fourth-order valence-corrected chi connectivity index (χ4v) is 6.39. The monoisotopic (exact) mass is 516 g/mol. The maximum atomic E-state index is 13.3. The Morgan fingerprint density at radius 2 is 1.56 bits per heavy atom. The van der Waals surface area contributed by atoms with E-state index in [1.807, 2.05) is 66.7 Å². The molecule has 1 aliphatic carbocycles. The van der Waals surface area contributed by atoms with Gasteiger partial charge in [-0.15, -0.1) is 0 Å². The second kappa shape index (κ2) is 9.49. The molecule has 1 saturated carbocycles. The van der Waals surface area contributed by atoms with E-state index in [0.29, 0.717) is 23.0 Å². The number of rotatable bonds is 5. The van der Waals surface area contributed by atoms with Crippen LogP contribution in [-0.2, 0) is 10.3 Å². The van der Waals surface area contributed by atoms with Gasteiger partial charge in [-0.25, -0.2) is 4.79 Å². The molecule has 0 amide bonds. The number of benzene rings is 4. The third-order valence-electron chi connectivity index (χ3n) is 8.43. The van der Waals surface area contributed by atoms with Crippen LogP contribution < -0.4 is 15.4 Å². The van der Waals surface area contributed by atoms with Crippen molar-refractivity contribution in [1.82, 2.24) is 0 Å². The van der Waals surface area contributed by atoms with Crippen LogP contribution in [-0.4, -0.2) is 12.5 Å². The van der Waals surface area contributed by atoms with Crippen molar-refractivity contribution in [1.29, 1.82) is 0 Å². The Morgan fingerprint density at radius 3 is 2.41 bits per heavy atom. The lowest BCUT2D eigenvalue weighted by atomic mass is 9.77. The van der Waals surface area contributed by atoms with Crippen molar-refractivity contribution in [3.05, 3.63) is 113 Å². The van der Waals surface area contributed by atoms with Crippen LogP contribution >= 0.6 is 0 Å². The van der Waals surface area contributed by atoms with Crippen molar-refractivity contribution < 1.29 is 14.3 Å². The van der Waals surface area contributed by atoms with Crippen molar-refractivity contribution in [2.45, 2.75) is 44.6 Å². The normalized spacial score (nSPS) is 19.5. The number of hydrogen-bond donors (Lipinski definition) is 2. The Labute approximate surface area is 229 Å². The number of nitrogens with one attached hydrogen (secondary N) is 2. The standard InChI is InChI=1S/C34H32N2O3/c1-22-18-32-29(20-30(22)36-24-12-6-3-7-13-24)34(27-15-9-8-14-26(27)33(37)39-34)28-19-25(16-17-31(28)38-32)35-21-23-10-4-2-5-11-23/h3,6-9,12-20,23,35-36H,2,4-5,10-11,21H2,1H3. The summed E-state index contributed by atoms with van der Waals surface area (Å²) in [5, 5.41) is 7.22. The number of carbonyl (C=O) groups is 1. The number of esters is 1. The largest absolute Gasteiger partial charge is 0.456 e. The predicted molar refractivity (Wildman–Crippen MR) is 154 cm³/mol. The van der Waals surface area contributed by atoms with Crippen molar-refractivity contribution in [3.8, 4) is 11.5 Å². The maximum absolute atomic E-state index is 13.3. The molecule has 1 atom stereocenters. The van der Waals surface area contributed by atoms with Gasteiger partial charge in [0.1, 0.15) is 11.5 Å². The van der Waals surface area contributed by atoms with E-state index in [0.717, 1.165) is 45.9 Å². The zero-order valence-electron chi connectivity index (χ0n) is 22.1. The molecule has 1 spiro atoms. The summed E-state index contributed by atoms with van der Waals surface area (Å²) in [5.74, 6) is 1.79. The maximum Gasteiger partial charge on any atom is 0.340 e. The van der Waals surface area contributed by atoms with Gasteiger partial charge in [-0.05, 0) is 79.8 Å². The van der Waals surface area contributed by atoms with E-state index in [-0.39, 0.29) is 5.97 Å². The van der Waals surface area contributed by atoms with Crippen LogP contribution in [0.2, 0.25) is 0 Å². The van der Waals surface area contributed by atoms with Crippen molar-refractivity contribution in [2.24, 2.45) is 5.92 Å². The highest BCUT2D eigenvalue weighted by Gasteiger charge is 2.53. The van der Waals surface area contributed by atoms with Gasteiger partial charge in [-0.2, -0.15) is 0 Å². The minimum Gasteiger partial charge on any atom is -0.456 e. The summed E-state index contributed by atoms with van der Waals surface area (Å²) in [6.07, 6.45) is 6.53. The summed E-state index contributed by atoms with van der Waals surface area (Å²) in [6, 6.07) is 28.1. The SMILES string of the molecule is Cc1cc2c(cc1Nc1ccccc1)C1(OC(=O)c3ccccc31)c1cc(NCC3CCCCC3)ccc1O2. The Hall–Kier alpha value is -4.25. The summed E-state index contributed by atoms with van der Waals surface area (Å²) >= 11 is 0. The molecule has 0 aromatic heterocycles. The average molecular weight is 517 g/mol. The Bertz CT molecular complexity index is 1560. The number of ether oxygens (including phenoxy) is 2. The first kappa shape index (κ1) is 23.8. The molecule has 2 aliphatic heterocycles. The van der Waals surface area contributed by atoms with Gasteiger partial charge in [0.25, 0.3) is 0 Å². The van der Waals surface area contributed by atoms with E-state index in [1.54, 1.807) is 0 Å². The van der Waals surface area contributed by atoms with Gasteiger partial charge in [0, 0.05) is 40.3 Å². The molecule has 39 heavy (non-hydrogen) atoms. The van der Waals surface area contributed by atoms with Gasteiger partial charge in [-0.1, -0.05) is 55.7 Å². The highest BCUT2D eigenvalue weighted by molar-refractivity contribution is 5.97. The van der Waals surface area contributed by atoms with Gasteiger partial charge in [0.05, 0.1) is 5.56 Å². The van der Waals surface area contributed by atoms with Crippen LogP contribution in [0.25, 0.3) is 0 Å². The van der Waals surface area contributed by atoms with E-state index in [2.05, 4.69) is 35.8 Å². The van der Waals surface area contributed by atoms with Crippen LogP contribution in [0.5, 0.6) is 11.5 Å². The van der Waals surface area contributed by atoms with Crippen molar-refractivity contribution in [2.75, 3.05) is 17.2 Å². The number of aryl methyl sites for hydroxylation is 1. The third-order valence-corrected chi connectivity index (χ3v) is 8.43. The lowest BCUT2D eigenvalue weighted by molar-refractivity contribution is 0.0224. The number of anilines is 3. The minimum atomic E-state index is -1.10. The zero-order chi connectivity index (χ0) is 26.4. The Balaban J connectivity index is 1.35. The fourth-order valence-electron chi connectivity index (χ4n) is 6.39. The summed E-state index contributed by atoms with van der Waals surface area (Å²) in [7, 11) is 0. The van der Waals surface area contributed by atoms with E-state index in [4.69, 9.17) is 9.47 Å². The summed E-state index contributed by atoms with van der Waals surface area (Å²) < 4.78 is 12.9. The second-order valence-electron chi connectivity index (χ2n) is 11.0. The second-order valence-corrected chi connectivity index (χ2v) is 11.0. The molecule has 0 bridgehead atoms. The van der Waals surface area contributed by atoms with E-state index < -0.39 is 5.60 Å². The molecule has 3 aliphatic rings. The molecule has 7 rings (SSSR count). The summed E-state index contributed by atoms with van der Waals surface area (Å²) in [6.45, 7) is 3.01. The van der Waals surface area contributed by atoms with E-state index in [9.17, 15) is 4.79 Å². The minimum absolute atomic E-state index is 0.317. The third kappa shape index (κ3) is 4.04. The Morgan fingerprint density at radius 1 is 0.795 bits per heavy atom. The molecule has 2 N–H and O–H groups in total. The summed E-state index contributed by atoms with van der Waals surface area (Å²) in [4.78, 5) is 13.3. The first-order valence-electron chi connectivity index (χ1n) is 14.0. The quantitative estimate of drug-likeness (QED) is 0.261. The molecule has 4 aromatic carbocycles. The first-order chi connectivity index (χ1) is 19.1. The van der Waals surface area contributed by atoms with Crippen molar-refractivity contribution >= 4 is 23.0 Å². The molecule has 0 radical (unpaired) electrons. The highest BCUT2D eigenvalue weighted by Crippen LogP contribution is 2.57. The molecule has 1 unspecified atom stereocenters. The molecule has 4 aromatic rings. The lowest BCUT2D eigenvalue weighted by Gasteiger charge is -2.37. The number of para-hydroxylation sites is 1. The van der Waals surface area contributed by atoms with Gasteiger partial charge in [-0.3, -0.25) is 0 Å². The fraction of sp³-hybridized carbons (Fsp3) is 0.265.